The Morgan fingerprint density at radius 2 is 1.43 bits per heavy atom. The number of nitrogens with one attached hydrogen (secondary N) is 8. The highest BCUT2D eigenvalue weighted by Gasteiger charge is 2.33. The Bertz CT molecular complexity index is 1580. The van der Waals surface area contributed by atoms with Gasteiger partial charge in [-0.05, 0) is 38.6 Å². The molecular formula is C31H48N12O13. The van der Waals surface area contributed by atoms with Gasteiger partial charge in [0.25, 0.3) is 0 Å². The van der Waals surface area contributed by atoms with E-state index in [1.54, 1.807) is 0 Å². The third-order valence-corrected chi connectivity index (χ3v) is 8.10. The van der Waals surface area contributed by atoms with Crippen LogP contribution in [0.2, 0.25) is 0 Å². The lowest BCUT2D eigenvalue weighted by Gasteiger charge is -2.26. The summed E-state index contributed by atoms with van der Waals surface area (Å²) in [7, 11) is 0. The number of aliphatic hydroxyl groups excluding tert-OH is 1. The standard InChI is InChI=1S/C31H48N12O13/c32-31(33)36-8-2-4-17(26(51)41-18(5-6-23(46)47)27(52)43-20(30(55)56)10-24(48)49)40-28(53)19(9-15-11-34-14-38-15)42-29(54)21(13-44)39-22(45)12-37-25(50)16-3-1-7-35-16/h11,14,16-21,35,44H,1-10,12-13H2,(H,34,38)(H,37,50)(H,39,45)(H,40,53)(H,41,51)(H,42,54)(H,43,52)(H,46,47)(H,48,49)(H,55,56)(H4,32,33,36)/t16-,17-,18-,19-,20-,21-/m0/s1. The molecule has 1 fully saturated rings. The van der Waals surface area contributed by atoms with Gasteiger partial charge in [0.1, 0.15) is 30.2 Å². The molecule has 2 heterocycles. The smallest absolute Gasteiger partial charge is 0.326 e. The monoisotopic (exact) mass is 796 g/mol. The number of rotatable bonds is 25. The van der Waals surface area contributed by atoms with Crippen LogP contribution in [-0.4, -0.2) is 152 Å². The minimum Gasteiger partial charge on any atom is -0.481 e. The molecule has 0 aliphatic carbocycles. The van der Waals surface area contributed by atoms with Gasteiger partial charge in [-0.2, -0.15) is 0 Å². The summed E-state index contributed by atoms with van der Waals surface area (Å²) >= 11 is 0. The van der Waals surface area contributed by atoms with Gasteiger partial charge in [-0.15, -0.1) is 0 Å². The number of guanidine groups is 1. The third kappa shape index (κ3) is 16.8. The van der Waals surface area contributed by atoms with Gasteiger partial charge in [-0.25, -0.2) is 9.78 Å². The van der Waals surface area contributed by atoms with E-state index in [4.69, 9.17) is 16.6 Å². The van der Waals surface area contributed by atoms with Gasteiger partial charge >= 0.3 is 17.9 Å². The molecule has 0 bridgehead atoms. The first-order chi connectivity index (χ1) is 26.5. The van der Waals surface area contributed by atoms with E-state index in [9.17, 15) is 58.5 Å². The zero-order chi connectivity index (χ0) is 41.8. The maximum absolute atomic E-state index is 13.8. The van der Waals surface area contributed by atoms with E-state index in [1.807, 2.05) is 5.32 Å². The van der Waals surface area contributed by atoms with Crippen LogP contribution in [0.4, 0.5) is 0 Å². The highest BCUT2D eigenvalue weighted by molar-refractivity contribution is 5.97. The zero-order valence-electron chi connectivity index (χ0n) is 30.1. The Hall–Kier alpha value is -6.37. The summed E-state index contributed by atoms with van der Waals surface area (Å²) in [6.07, 6.45) is 1.25. The SMILES string of the molecule is NC(N)=NCCC[C@H](NC(=O)[C@H](Cc1cnc[nH]1)NC(=O)[C@H](CO)NC(=O)CNC(=O)[C@@H]1CCCN1)C(=O)N[C@@H](CCC(=O)O)C(=O)N[C@@H](CC(=O)O)C(=O)O. The second kappa shape index (κ2) is 23.4. The van der Waals surface area contributed by atoms with Crippen molar-refractivity contribution in [1.82, 2.24) is 47.2 Å². The maximum atomic E-state index is 13.8. The Morgan fingerprint density at radius 3 is 1.96 bits per heavy atom. The number of carbonyl (C=O) groups excluding carboxylic acids is 6. The van der Waals surface area contributed by atoms with Gasteiger partial charge in [0.05, 0.1) is 31.9 Å². The minimum absolute atomic E-state index is 0.0375. The van der Waals surface area contributed by atoms with E-state index < -0.39 is 122 Å². The van der Waals surface area contributed by atoms with Crippen LogP contribution in [0.3, 0.4) is 0 Å². The van der Waals surface area contributed by atoms with Gasteiger partial charge in [0.15, 0.2) is 5.96 Å². The van der Waals surface area contributed by atoms with Crippen molar-refractivity contribution in [3.8, 4) is 0 Å². The lowest BCUT2D eigenvalue weighted by molar-refractivity contribution is -0.147. The predicted molar refractivity (Wildman–Crippen MR) is 190 cm³/mol. The fourth-order valence-electron chi connectivity index (χ4n) is 5.24. The average molecular weight is 797 g/mol. The average Bonchev–Trinajstić information content (AvgIpc) is 3.87. The van der Waals surface area contributed by atoms with Crippen molar-refractivity contribution in [1.29, 1.82) is 0 Å². The molecule has 56 heavy (non-hydrogen) atoms. The van der Waals surface area contributed by atoms with E-state index in [0.717, 1.165) is 6.42 Å². The Kier molecular flexibility index (Phi) is 19.2. The van der Waals surface area contributed by atoms with E-state index in [2.05, 4.69) is 46.9 Å². The second-order valence-corrected chi connectivity index (χ2v) is 12.5. The van der Waals surface area contributed by atoms with Crippen molar-refractivity contribution in [3.63, 3.8) is 0 Å². The van der Waals surface area contributed by atoms with Crippen molar-refractivity contribution in [2.75, 3.05) is 26.2 Å². The molecule has 1 aliphatic rings. The van der Waals surface area contributed by atoms with Crippen molar-refractivity contribution < 1.29 is 63.6 Å². The molecule has 0 saturated carbocycles. The second-order valence-electron chi connectivity index (χ2n) is 12.5. The minimum atomic E-state index is -1.94. The van der Waals surface area contributed by atoms with E-state index in [-0.39, 0.29) is 31.8 Å². The van der Waals surface area contributed by atoms with Crippen LogP contribution in [0.25, 0.3) is 0 Å². The van der Waals surface area contributed by atoms with E-state index in [0.29, 0.717) is 18.7 Å². The quantitative estimate of drug-likeness (QED) is 0.0249. The first-order valence-corrected chi connectivity index (χ1v) is 17.3. The predicted octanol–water partition coefficient (Wildman–Crippen LogP) is -6.29. The zero-order valence-corrected chi connectivity index (χ0v) is 30.1. The van der Waals surface area contributed by atoms with Crippen LogP contribution >= 0.6 is 0 Å². The number of carbonyl (C=O) groups is 9. The first kappa shape index (κ1) is 45.8. The van der Waals surface area contributed by atoms with E-state index in [1.165, 1.54) is 12.5 Å². The topological polar surface area (TPSA) is 412 Å². The van der Waals surface area contributed by atoms with Gasteiger partial charge < -0.3 is 74.1 Å². The van der Waals surface area contributed by atoms with Crippen molar-refractivity contribution in [3.05, 3.63) is 18.2 Å². The third-order valence-electron chi connectivity index (χ3n) is 8.10. The molecule has 25 heteroatoms. The maximum Gasteiger partial charge on any atom is 0.326 e. The van der Waals surface area contributed by atoms with Gasteiger partial charge in [-0.1, -0.05) is 0 Å². The Labute approximate surface area is 318 Å². The van der Waals surface area contributed by atoms with Crippen LogP contribution in [0.1, 0.15) is 50.6 Å². The molecular weight excluding hydrogens is 748 g/mol. The summed E-state index contributed by atoms with van der Waals surface area (Å²) in [6.45, 7) is -0.829. The summed E-state index contributed by atoms with van der Waals surface area (Å²) in [5, 5.41) is 54.2. The molecule has 1 aromatic heterocycles. The molecule has 25 nitrogen and oxygen atoms in total. The van der Waals surface area contributed by atoms with Gasteiger partial charge in [0.2, 0.25) is 35.4 Å². The number of carboxylic acid groups (broad SMARTS) is 3. The number of carboxylic acids is 3. The Morgan fingerprint density at radius 1 is 0.821 bits per heavy atom. The van der Waals surface area contributed by atoms with Gasteiger partial charge in [0, 0.05) is 31.3 Å². The number of aliphatic carboxylic acids is 3. The molecule has 1 aliphatic heterocycles. The number of H-pyrrole nitrogens is 1. The molecule has 6 amide bonds. The number of nitrogens with zero attached hydrogens (tertiary/aromatic N) is 2. The van der Waals surface area contributed by atoms with Crippen LogP contribution in [0.5, 0.6) is 0 Å². The molecule has 0 radical (unpaired) electrons. The number of aromatic nitrogens is 2. The largest absolute Gasteiger partial charge is 0.481 e. The number of aromatic amines is 1. The molecule has 2 rings (SSSR count). The fourth-order valence-corrected chi connectivity index (χ4v) is 5.24. The highest BCUT2D eigenvalue weighted by atomic mass is 16.4. The lowest BCUT2D eigenvalue weighted by atomic mass is 10.0. The lowest BCUT2D eigenvalue weighted by Crippen LogP contribution is -2.60. The van der Waals surface area contributed by atoms with Crippen LogP contribution in [0, 0.1) is 0 Å². The van der Waals surface area contributed by atoms with Crippen LogP contribution in [-0.2, 0) is 49.6 Å². The summed E-state index contributed by atoms with van der Waals surface area (Å²) in [6, 6.07) is -8.76. The number of aliphatic imine (C=N–C) groups is 1. The first-order valence-electron chi connectivity index (χ1n) is 17.3. The molecule has 6 atom stereocenters. The van der Waals surface area contributed by atoms with Crippen LogP contribution < -0.4 is 48.7 Å². The van der Waals surface area contributed by atoms with Crippen LogP contribution in [0.15, 0.2) is 17.5 Å². The molecule has 310 valence electrons. The number of nitrogens with two attached hydrogens (primary N) is 2. The van der Waals surface area contributed by atoms with Crippen molar-refractivity contribution in [2.45, 2.75) is 87.6 Å². The normalized spacial score (nSPS) is 16.1. The number of hydrogen-bond acceptors (Lipinski definition) is 13. The summed E-state index contributed by atoms with van der Waals surface area (Å²) in [5.74, 6) is -10.5. The number of amides is 6. The molecule has 0 aromatic carbocycles. The summed E-state index contributed by atoms with van der Waals surface area (Å²) in [4.78, 5) is 123. The Balaban J connectivity index is 2.28. The van der Waals surface area contributed by atoms with Gasteiger partial charge in [-0.3, -0.25) is 43.3 Å². The molecule has 1 aromatic rings. The van der Waals surface area contributed by atoms with E-state index >= 15 is 0 Å². The van der Waals surface area contributed by atoms with Crippen molar-refractivity contribution in [2.24, 2.45) is 16.5 Å². The molecule has 1 saturated heterocycles. The van der Waals surface area contributed by atoms with Crippen molar-refractivity contribution >= 4 is 59.3 Å². The number of aliphatic hydroxyl groups is 1. The summed E-state index contributed by atoms with van der Waals surface area (Å²) < 4.78 is 0. The molecule has 0 unspecified atom stereocenters. The number of hydrogen-bond donors (Lipinski definition) is 14. The highest BCUT2D eigenvalue weighted by Crippen LogP contribution is 2.08. The molecule has 16 N–H and O–H groups in total. The fraction of sp³-hybridized carbons (Fsp3) is 0.581. The number of imidazole rings is 1. The molecule has 0 spiro atoms. The summed E-state index contributed by atoms with van der Waals surface area (Å²) in [5.41, 5.74) is 11.1.